The lowest BCUT2D eigenvalue weighted by Crippen LogP contribution is -2.12. The van der Waals surface area contributed by atoms with E-state index in [1.807, 2.05) is 7.05 Å². The molecule has 3 heteroatoms. The van der Waals surface area contributed by atoms with Crippen molar-refractivity contribution in [2.45, 2.75) is 30.5 Å². The first-order valence-corrected chi connectivity index (χ1v) is 8.12. The second-order valence-corrected chi connectivity index (χ2v) is 6.34. The Morgan fingerprint density at radius 1 is 1.20 bits per heavy atom. The van der Waals surface area contributed by atoms with Crippen molar-refractivity contribution in [2.24, 2.45) is 0 Å². The second kappa shape index (κ2) is 7.16. The van der Waals surface area contributed by atoms with E-state index in [0.29, 0.717) is 6.04 Å². The Bertz CT molecular complexity index is 583. The van der Waals surface area contributed by atoms with Crippen LogP contribution in [0.2, 0.25) is 5.02 Å². The van der Waals surface area contributed by atoms with Gasteiger partial charge in [0.2, 0.25) is 0 Å². The molecule has 0 saturated heterocycles. The fraction of sp³-hybridized carbons (Fsp3) is 0.294. The molecule has 0 heterocycles. The van der Waals surface area contributed by atoms with Gasteiger partial charge < -0.3 is 5.32 Å². The minimum absolute atomic E-state index is 0.322. The molecule has 0 saturated carbocycles. The van der Waals surface area contributed by atoms with Crippen LogP contribution >= 0.6 is 23.4 Å². The Morgan fingerprint density at radius 3 is 2.60 bits per heavy atom. The van der Waals surface area contributed by atoms with E-state index in [0.717, 1.165) is 15.7 Å². The summed E-state index contributed by atoms with van der Waals surface area (Å²) in [6.07, 6.45) is 0. The van der Waals surface area contributed by atoms with Gasteiger partial charge in [0.05, 0.1) is 5.02 Å². The number of halogens is 1. The van der Waals surface area contributed by atoms with E-state index < -0.39 is 0 Å². The lowest BCUT2D eigenvalue weighted by atomic mass is 10.1. The van der Waals surface area contributed by atoms with Gasteiger partial charge in [0, 0.05) is 16.7 Å². The number of rotatable bonds is 5. The number of aryl methyl sites for hydroxylation is 1. The molecule has 2 aromatic rings. The highest BCUT2D eigenvalue weighted by Gasteiger charge is 2.07. The van der Waals surface area contributed by atoms with Crippen molar-refractivity contribution >= 4 is 23.4 Å². The molecule has 0 fully saturated rings. The van der Waals surface area contributed by atoms with Crippen molar-refractivity contribution < 1.29 is 0 Å². The molecule has 0 aliphatic carbocycles. The molecule has 0 spiro atoms. The molecule has 106 valence electrons. The predicted molar refractivity (Wildman–Crippen MR) is 89.7 cm³/mol. The summed E-state index contributed by atoms with van der Waals surface area (Å²) in [5.74, 6) is 0.952. The van der Waals surface area contributed by atoms with E-state index in [4.69, 9.17) is 11.6 Å². The summed E-state index contributed by atoms with van der Waals surface area (Å²) in [6, 6.07) is 15.1. The van der Waals surface area contributed by atoms with Gasteiger partial charge in [-0.3, -0.25) is 0 Å². The minimum atomic E-state index is 0.322. The van der Waals surface area contributed by atoms with Crippen LogP contribution in [0.25, 0.3) is 0 Å². The third-order valence-electron chi connectivity index (χ3n) is 3.53. The van der Waals surface area contributed by atoms with Gasteiger partial charge in [0.1, 0.15) is 0 Å². The van der Waals surface area contributed by atoms with Crippen LogP contribution in [0.1, 0.15) is 29.7 Å². The molecule has 1 unspecified atom stereocenters. The highest BCUT2D eigenvalue weighted by Crippen LogP contribution is 2.32. The highest BCUT2D eigenvalue weighted by atomic mass is 35.5. The van der Waals surface area contributed by atoms with E-state index in [-0.39, 0.29) is 0 Å². The molecule has 0 amide bonds. The number of hydrogen-bond donors (Lipinski definition) is 1. The Kier molecular flexibility index (Phi) is 5.53. The van der Waals surface area contributed by atoms with Gasteiger partial charge in [0.25, 0.3) is 0 Å². The molecule has 1 N–H and O–H groups in total. The van der Waals surface area contributed by atoms with Crippen LogP contribution < -0.4 is 5.32 Å². The van der Waals surface area contributed by atoms with Crippen molar-refractivity contribution in [3.8, 4) is 0 Å². The van der Waals surface area contributed by atoms with Gasteiger partial charge >= 0.3 is 0 Å². The molecular weight excluding hydrogens is 286 g/mol. The average Bonchev–Trinajstić information content (AvgIpc) is 2.46. The molecule has 0 aromatic heterocycles. The van der Waals surface area contributed by atoms with Crippen molar-refractivity contribution in [2.75, 3.05) is 7.05 Å². The monoisotopic (exact) mass is 305 g/mol. The Labute approximate surface area is 130 Å². The van der Waals surface area contributed by atoms with Crippen molar-refractivity contribution in [1.82, 2.24) is 5.32 Å². The largest absolute Gasteiger partial charge is 0.313 e. The maximum Gasteiger partial charge on any atom is 0.0545 e. The zero-order valence-corrected chi connectivity index (χ0v) is 13.7. The van der Waals surface area contributed by atoms with Crippen LogP contribution in [0.15, 0.2) is 47.4 Å². The predicted octanol–water partition coefficient (Wildman–Crippen LogP) is 5.22. The summed E-state index contributed by atoms with van der Waals surface area (Å²) in [4.78, 5) is 1.14. The van der Waals surface area contributed by atoms with Crippen LogP contribution in [0.4, 0.5) is 0 Å². The number of thioether (sulfide) groups is 1. The van der Waals surface area contributed by atoms with Gasteiger partial charge in [-0.05, 0) is 49.7 Å². The van der Waals surface area contributed by atoms with Gasteiger partial charge in [0.15, 0.2) is 0 Å². The lowest BCUT2D eigenvalue weighted by molar-refractivity contribution is 0.652. The summed E-state index contributed by atoms with van der Waals surface area (Å²) < 4.78 is 0. The SMILES string of the molecule is CNC(C)c1ccc(SCc2ccccc2C)c(Cl)c1. The van der Waals surface area contributed by atoms with E-state index in [2.05, 4.69) is 61.6 Å². The number of nitrogens with one attached hydrogen (secondary N) is 1. The van der Waals surface area contributed by atoms with Crippen LogP contribution in [0.3, 0.4) is 0 Å². The third-order valence-corrected chi connectivity index (χ3v) is 5.08. The Hall–Kier alpha value is -0.960. The molecule has 0 radical (unpaired) electrons. The number of benzene rings is 2. The summed E-state index contributed by atoms with van der Waals surface area (Å²) >= 11 is 8.18. The molecular formula is C17H20ClNS. The fourth-order valence-corrected chi connectivity index (χ4v) is 3.35. The molecule has 1 nitrogen and oxygen atoms in total. The standard InChI is InChI=1S/C17H20ClNS/c1-12-6-4-5-7-15(12)11-20-17-9-8-14(10-16(17)18)13(2)19-3/h4-10,13,19H,11H2,1-3H3. The lowest BCUT2D eigenvalue weighted by Gasteiger charge is -2.13. The normalized spacial score (nSPS) is 12.4. The molecule has 2 rings (SSSR count). The van der Waals surface area contributed by atoms with Crippen LogP contribution in [0.5, 0.6) is 0 Å². The van der Waals surface area contributed by atoms with E-state index in [1.54, 1.807) is 11.8 Å². The Balaban J connectivity index is 2.09. The zero-order valence-electron chi connectivity index (χ0n) is 12.1. The van der Waals surface area contributed by atoms with E-state index >= 15 is 0 Å². The van der Waals surface area contributed by atoms with Crippen LogP contribution in [0, 0.1) is 6.92 Å². The van der Waals surface area contributed by atoms with Crippen molar-refractivity contribution in [1.29, 1.82) is 0 Å². The Morgan fingerprint density at radius 2 is 1.95 bits per heavy atom. The summed E-state index contributed by atoms with van der Waals surface area (Å²) in [7, 11) is 1.96. The van der Waals surface area contributed by atoms with Crippen molar-refractivity contribution in [3.05, 3.63) is 64.2 Å². The first-order valence-electron chi connectivity index (χ1n) is 6.76. The fourth-order valence-electron chi connectivity index (χ4n) is 2.00. The summed E-state index contributed by atoms with van der Waals surface area (Å²) in [5.41, 5.74) is 3.91. The maximum absolute atomic E-state index is 6.39. The number of hydrogen-bond acceptors (Lipinski definition) is 2. The van der Waals surface area contributed by atoms with Crippen LogP contribution in [-0.2, 0) is 5.75 Å². The first kappa shape index (κ1) is 15.4. The molecule has 2 aromatic carbocycles. The first-order chi connectivity index (χ1) is 9.61. The van der Waals surface area contributed by atoms with Gasteiger partial charge in [-0.25, -0.2) is 0 Å². The van der Waals surface area contributed by atoms with Gasteiger partial charge in [-0.15, -0.1) is 11.8 Å². The quantitative estimate of drug-likeness (QED) is 0.760. The average molecular weight is 306 g/mol. The van der Waals surface area contributed by atoms with Crippen molar-refractivity contribution in [3.63, 3.8) is 0 Å². The molecule has 20 heavy (non-hydrogen) atoms. The van der Waals surface area contributed by atoms with E-state index in [1.165, 1.54) is 16.7 Å². The van der Waals surface area contributed by atoms with Gasteiger partial charge in [-0.1, -0.05) is 41.9 Å². The smallest absolute Gasteiger partial charge is 0.0545 e. The molecule has 0 aliphatic heterocycles. The third kappa shape index (κ3) is 3.78. The topological polar surface area (TPSA) is 12.0 Å². The molecule has 1 atom stereocenters. The maximum atomic E-state index is 6.39. The van der Waals surface area contributed by atoms with Crippen LogP contribution in [-0.4, -0.2) is 7.05 Å². The molecule has 0 bridgehead atoms. The molecule has 0 aliphatic rings. The highest BCUT2D eigenvalue weighted by molar-refractivity contribution is 7.98. The second-order valence-electron chi connectivity index (χ2n) is 4.92. The van der Waals surface area contributed by atoms with E-state index in [9.17, 15) is 0 Å². The summed E-state index contributed by atoms with van der Waals surface area (Å²) in [5, 5.41) is 4.06. The zero-order chi connectivity index (χ0) is 14.5. The van der Waals surface area contributed by atoms with Gasteiger partial charge in [-0.2, -0.15) is 0 Å². The summed E-state index contributed by atoms with van der Waals surface area (Å²) in [6.45, 7) is 4.28. The minimum Gasteiger partial charge on any atom is -0.313 e.